The molecule has 4 nitrogen and oxygen atoms in total. The first-order valence-corrected chi connectivity index (χ1v) is 5.97. The molecule has 5 heteroatoms. The van der Waals surface area contributed by atoms with Gasteiger partial charge in [-0.25, -0.2) is 4.79 Å². The average Bonchev–Trinajstić information content (AvgIpc) is 2.35. The number of carbonyl (C=O) groups is 2. The Balaban J connectivity index is 3.29. The fraction of sp³-hybridized carbons (Fsp3) is 0.154. The molecule has 0 aliphatic rings. The summed E-state index contributed by atoms with van der Waals surface area (Å²) in [6, 6.07) is 6.74. The third kappa shape index (κ3) is 3.54. The number of nitrogens with zero attached hydrogens (tertiary/aromatic N) is 1. The number of rotatable bonds is 4. The molecule has 0 fully saturated rings. The summed E-state index contributed by atoms with van der Waals surface area (Å²) in [4.78, 5) is 21.3. The van der Waals surface area contributed by atoms with Gasteiger partial charge in [-0.2, -0.15) is 5.26 Å². The minimum atomic E-state index is -1.07. The van der Waals surface area contributed by atoms with Crippen molar-refractivity contribution in [3.05, 3.63) is 41.0 Å². The second-order valence-corrected chi connectivity index (χ2v) is 4.52. The number of ketones is 1. The summed E-state index contributed by atoms with van der Waals surface area (Å²) in [7, 11) is 0. The molecule has 92 valence electrons. The van der Waals surface area contributed by atoms with Gasteiger partial charge in [0.2, 0.25) is 0 Å². The van der Waals surface area contributed by atoms with Crippen LogP contribution >= 0.6 is 15.9 Å². The maximum absolute atomic E-state index is 11.4. The second-order valence-electron chi connectivity index (χ2n) is 3.60. The van der Waals surface area contributed by atoms with Crippen LogP contribution in [-0.2, 0) is 9.59 Å². The van der Waals surface area contributed by atoms with E-state index >= 15 is 0 Å². The van der Waals surface area contributed by atoms with Crippen LogP contribution in [0.2, 0.25) is 0 Å². The Morgan fingerprint density at radius 3 is 2.67 bits per heavy atom. The Morgan fingerprint density at radius 1 is 1.50 bits per heavy atom. The number of benzene rings is 1. The van der Waals surface area contributed by atoms with Gasteiger partial charge in [0, 0.05) is 6.08 Å². The number of hydrogen-bond acceptors (Lipinski definition) is 3. The van der Waals surface area contributed by atoms with Crippen molar-refractivity contribution in [2.75, 3.05) is 0 Å². The molecule has 0 aliphatic heterocycles. The first-order chi connectivity index (χ1) is 8.45. The topological polar surface area (TPSA) is 78.2 Å². The summed E-state index contributed by atoms with van der Waals surface area (Å²) in [6.07, 6.45) is 2.39. The van der Waals surface area contributed by atoms with E-state index in [1.165, 1.54) is 13.0 Å². The molecule has 0 amide bonds. The minimum absolute atomic E-state index is 0.116. The van der Waals surface area contributed by atoms with Crippen molar-refractivity contribution in [3.8, 4) is 6.07 Å². The highest BCUT2D eigenvalue weighted by Crippen LogP contribution is 2.28. The predicted molar refractivity (Wildman–Crippen MR) is 70.2 cm³/mol. The first kappa shape index (κ1) is 14.1. The molecule has 0 saturated heterocycles. The van der Waals surface area contributed by atoms with Gasteiger partial charge in [-0.05, 0) is 36.3 Å². The summed E-state index contributed by atoms with van der Waals surface area (Å²) in [5.74, 6) is -1.19. The highest BCUT2D eigenvalue weighted by Gasteiger charge is 2.16. The number of carbonyl (C=O) groups excluding carboxylic acids is 1. The van der Waals surface area contributed by atoms with Gasteiger partial charge in [0.25, 0.3) is 0 Å². The van der Waals surface area contributed by atoms with Gasteiger partial charge in [0.1, 0.15) is 5.78 Å². The number of hydrogen-bond donors (Lipinski definition) is 1. The van der Waals surface area contributed by atoms with Gasteiger partial charge < -0.3 is 5.11 Å². The fourth-order valence-corrected chi connectivity index (χ4v) is 1.79. The highest BCUT2D eigenvalue weighted by atomic mass is 79.9. The van der Waals surface area contributed by atoms with Crippen molar-refractivity contribution < 1.29 is 14.7 Å². The van der Waals surface area contributed by atoms with E-state index < -0.39 is 10.8 Å². The summed E-state index contributed by atoms with van der Waals surface area (Å²) < 4.78 is 0. The van der Waals surface area contributed by atoms with Crippen LogP contribution in [0.25, 0.3) is 6.08 Å². The van der Waals surface area contributed by atoms with E-state index in [0.717, 1.165) is 6.08 Å². The zero-order valence-corrected chi connectivity index (χ0v) is 11.1. The van der Waals surface area contributed by atoms with Crippen molar-refractivity contribution in [1.29, 1.82) is 5.26 Å². The van der Waals surface area contributed by atoms with E-state index in [1.54, 1.807) is 18.2 Å². The van der Waals surface area contributed by atoms with E-state index in [-0.39, 0.29) is 5.78 Å². The molecule has 0 radical (unpaired) electrons. The number of alkyl halides is 1. The van der Waals surface area contributed by atoms with Crippen molar-refractivity contribution >= 4 is 33.8 Å². The average molecular weight is 308 g/mol. The zero-order chi connectivity index (χ0) is 13.7. The molecule has 0 bridgehead atoms. The van der Waals surface area contributed by atoms with Crippen LogP contribution in [0.3, 0.4) is 0 Å². The Hall–Kier alpha value is -1.93. The van der Waals surface area contributed by atoms with Gasteiger partial charge in [-0.3, -0.25) is 4.79 Å². The van der Waals surface area contributed by atoms with Crippen molar-refractivity contribution in [2.45, 2.75) is 11.8 Å². The number of nitriles is 1. The minimum Gasteiger partial charge on any atom is -0.478 e. The van der Waals surface area contributed by atoms with Crippen molar-refractivity contribution in [1.82, 2.24) is 0 Å². The second kappa shape index (κ2) is 6.12. The van der Waals surface area contributed by atoms with Gasteiger partial charge in [-0.1, -0.05) is 22.0 Å². The van der Waals surface area contributed by atoms with E-state index in [1.807, 2.05) is 6.07 Å². The van der Waals surface area contributed by atoms with Crippen LogP contribution in [0, 0.1) is 11.3 Å². The SMILES string of the molecule is CC(=O)C(Br)c1cc(C#N)ccc1C=CC(=O)O. The van der Waals surface area contributed by atoms with Crippen LogP contribution in [0.1, 0.15) is 28.4 Å². The number of Topliss-reactive ketones (excluding diaryl/α,β-unsaturated/α-hetero) is 1. The smallest absolute Gasteiger partial charge is 0.328 e. The number of halogens is 1. The summed E-state index contributed by atoms with van der Waals surface area (Å²) in [6.45, 7) is 1.42. The molecule has 1 atom stereocenters. The van der Waals surface area contributed by atoms with E-state index in [4.69, 9.17) is 10.4 Å². The third-order valence-corrected chi connectivity index (χ3v) is 3.39. The molecule has 1 N–H and O–H groups in total. The molecule has 18 heavy (non-hydrogen) atoms. The fourth-order valence-electron chi connectivity index (χ4n) is 1.40. The van der Waals surface area contributed by atoms with Crippen LogP contribution < -0.4 is 0 Å². The van der Waals surface area contributed by atoms with E-state index in [9.17, 15) is 9.59 Å². The van der Waals surface area contributed by atoms with Crippen LogP contribution in [0.4, 0.5) is 0 Å². The standard InChI is InChI=1S/C13H10BrNO3/c1-8(16)13(14)11-6-9(7-15)2-3-10(11)4-5-12(17)18/h2-6,13H,1H3,(H,17,18). The Labute approximate surface area is 113 Å². The largest absolute Gasteiger partial charge is 0.478 e. The van der Waals surface area contributed by atoms with E-state index in [0.29, 0.717) is 16.7 Å². The lowest BCUT2D eigenvalue weighted by Crippen LogP contribution is -2.03. The molecule has 1 aromatic carbocycles. The molecule has 0 aliphatic carbocycles. The zero-order valence-electron chi connectivity index (χ0n) is 9.55. The lowest BCUT2D eigenvalue weighted by Gasteiger charge is -2.10. The summed E-state index contributed by atoms with van der Waals surface area (Å²) in [5.41, 5.74) is 1.59. The third-order valence-electron chi connectivity index (χ3n) is 2.25. The Bertz CT molecular complexity index is 558. The van der Waals surface area contributed by atoms with Crippen molar-refractivity contribution in [2.24, 2.45) is 0 Å². The predicted octanol–water partition coefficient (Wildman–Crippen LogP) is 2.68. The molecular weight excluding hydrogens is 298 g/mol. The molecular formula is C13H10BrNO3. The van der Waals surface area contributed by atoms with Gasteiger partial charge in [0.15, 0.2) is 0 Å². The Kier molecular flexibility index (Phi) is 4.81. The monoisotopic (exact) mass is 307 g/mol. The van der Waals surface area contributed by atoms with Gasteiger partial charge in [0.05, 0.1) is 16.5 Å². The van der Waals surface area contributed by atoms with E-state index in [2.05, 4.69) is 15.9 Å². The highest BCUT2D eigenvalue weighted by molar-refractivity contribution is 9.09. The van der Waals surface area contributed by atoms with Gasteiger partial charge in [-0.15, -0.1) is 0 Å². The molecule has 1 aromatic rings. The lowest BCUT2D eigenvalue weighted by molar-refractivity contribution is -0.131. The maximum atomic E-state index is 11.4. The summed E-state index contributed by atoms with van der Waals surface area (Å²) in [5, 5.41) is 17.4. The van der Waals surface area contributed by atoms with Crippen LogP contribution in [-0.4, -0.2) is 16.9 Å². The Morgan fingerprint density at radius 2 is 2.17 bits per heavy atom. The van der Waals surface area contributed by atoms with Crippen LogP contribution in [0.15, 0.2) is 24.3 Å². The number of carboxylic acids is 1. The first-order valence-electron chi connectivity index (χ1n) is 5.05. The van der Waals surface area contributed by atoms with Gasteiger partial charge >= 0.3 is 5.97 Å². The normalized spacial score (nSPS) is 12.1. The molecule has 1 rings (SSSR count). The lowest BCUT2D eigenvalue weighted by atomic mass is 9.99. The molecule has 0 saturated carbocycles. The molecule has 0 spiro atoms. The molecule has 0 heterocycles. The number of aliphatic carboxylic acids is 1. The maximum Gasteiger partial charge on any atom is 0.328 e. The number of carboxylic acid groups (broad SMARTS) is 1. The summed E-state index contributed by atoms with van der Waals surface area (Å²) >= 11 is 3.23. The molecule has 0 aromatic heterocycles. The van der Waals surface area contributed by atoms with Crippen LogP contribution in [0.5, 0.6) is 0 Å². The van der Waals surface area contributed by atoms with Crippen molar-refractivity contribution in [3.63, 3.8) is 0 Å². The quantitative estimate of drug-likeness (QED) is 0.685. The molecule has 1 unspecified atom stereocenters.